The maximum atomic E-state index is 14.3. The Morgan fingerprint density at radius 3 is 2.88 bits per heavy atom. The van der Waals surface area contributed by atoms with Crippen LogP contribution in [0, 0.1) is 5.82 Å². The first-order valence-corrected chi connectivity index (χ1v) is 7.72. The van der Waals surface area contributed by atoms with Crippen LogP contribution in [0.4, 0.5) is 10.1 Å². The smallest absolute Gasteiger partial charge is 0.274 e. The zero-order valence-corrected chi connectivity index (χ0v) is 12.7. The van der Waals surface area contributed by atoms with Gasteiger partial charge < -0.3 is 5.32 Å². The molecule has 0 spiro atoms. The third-order valence-electron chi connectivity index (χ3n) is 4.23. The molecule has 1 saturated carbocycles. The summed E-state index contributed by atoms with van der Waals surface area (Å²) in [5, 5.41) is 13.2. The summed E-state index contributed by atoms with van der Waals surface area (Å²) in [5.74, 6) is -0.437. The number of aromatic nitrogens is 5. The quantitative estimate of drug-likeness (QED) is 0.771. The number of carbonyl (C=O) groups is 1. The van der Waals surface area contributed by atoms with Gasteiger partial charge in [0.05, 0.1) is 11.7 Å². The summed E-state index contributed by atoms with van der Waals surface area (Å²) >= 11 is 0. The molecule has 1 aliphatic carbocycles. The fourth-order valence-corrected chi connectivity index (χ4v) is 2.71. The molecule has 0 radical (unpaired) electrons. The summed E-state index contributed by atoms with van der Waals surface area (Å²) in [6.07, 6.45) is 6.12. The average Bonchev–Trinajstić information content (AvgIpc) is 3.18. The number of nitrogens with one attached hydrogen (secondary N) is 2. The fraction of sp³-hybridized carbons (Fsp3) is 0.250. The summed E-state index contributed by atoms with van der Waals surface area (Å²) in [5.41, 5.74) is 1.12. The van der Waals surface area contributed by atoms with Crippen molar-refractivity contribution in [2.75, 3.05) is 5.32 Å². The Labute approximate surface area is 136 Å². The van der Waals surface area contributed by atoms with Crippen molar-refractivity contribution in [1.29, 1.82) is 0 Å². The summed E-state index contributed by atoms with van der Waals surface area (Å²) in [6, 6.07) is 6.39. The first kappa shape index (κ1) is 14.6. The minimum absolute atomic E-state index is 0.115. The number of hydrogen-bond donors (Lipinski definition) is 2. The number of benzene rings is 1. The van der Waals surface area contributed by atoms with Gasteiger partial charge in [-0.2, -0.15) is 10.2 Å². The maximum Gasteiger partial charge on any atom is 0.274 e. The van der Waals surface area contributed by atoms with Gasteiger partial charge in [0.15, 0.2) is 5.82 Å². The molecule has 0 unspecified atom stereocenters. The Kier molecular flexibility index (Phi) is 3.56. The Bertz CT molecular complexity index is 869. The first-order chi connectivity index (χ1) is 11.7. The highest BCUT2D eigenvalue weighted by molar-refractivity contribution is 6.03. The average molecular weight is 326 g/mol. The van der Waals surface area contributed by atoms with Gasteiger partial charge in [0.1, 0.15) is 17.8 Å². The largest absolute Gasteiger partial charge is 0.318 e. The predicted molar refractivity (Wildman–Crippen MR) is 84.8 cm³/mol. The van der Waals surface area contributed by atoms with E-state index in [1.165, 1.54) is 18.5 Å². The van der Waals surface area contributed by atoms with Gasteiger partial charge in [-0.3, -0.25) is 14.6 Å². The van der Waals surface area contributed by atoms with E-state index in [1.807, 2.05) is 0 Å². The monoisotopic (exact) mass is 326 g/mol. The van der Waals surface area contributed by atoms with Crippen molar-refractivity contribution >= 4 is 11.6 Å². The van der Waals surface area contributed by atoms with Crippen LogP contribution in [0.1, 0.15) is 35.8 Å². The molecule has 3 aromatic rings. The van der Waals surface area contributed by atoms with Gasteiger partial charge in [-0.15, -0.1) is 0 Å². The molecular weight excluding hydrogens is 311 g/mol. The summed E-state index contributed by atoms with van der Waals surface area (Å²) in [4.78, 5) is 16.4. The van der Waals surface area contributed by atoms with Crippen molar-refractivity contribution < 1.29 is 9.18 Å². The number of aromatic amines is 1. The molecule has 24 heavy (non-hydrogen) atoms. The van der Waals surface area contributed by atoms with Gasteiger partial charge in [-0.25, -0.2) is 9.37 Å². The number of amides is 1. The predicted octanol–water partition coefficient (Wildman–Crippen LogP) is 2.78. The zero-order valence-electron chi connectivity index (χ0n) is 12.7. The van der Waals surface area contributed by atoms with Crippen LogP contribution in [-0.4, -0.2) is 30.9 Å². The van der Waals surface area contributed by atoms with Crippen LogP contribution in [0.5, 0.6) is 0 Å². The number of carbonyl (C=O) groups excluding carboxylic acids is 1. The number of anilines is 1. The second-order valence-electron chi connectivity index (χ2n) is 5.73. The van der Waals surface area contributed by atoms with E-state index < -0.39 is 5.82 Å². The van der Waals surface area contributed by atoms with Crippen LogP contribution in [0.25, 0.3) is 11.4 Å². The van der Waals surface area contributed by atoms with Crippen LogP contribution >= 0.6 is 0 Å². The molecule has 0 bridgehead atoms. The van der Waals surface area contributed by atoms with E-state index in [-0.39, 0.29) is 17.6 Å². The van der Waals surface area contributed by atoms with E-state index >= 15 is 0 Å². The Hall–Kier alpha value is -3.03. The Balaban J connectivity index is 1.55. The minimum Gasteiger partial charge on any atom is -0.318 e. The van der Waals surface area contributed by atoms with E-state index in [1.54, 1.807) is 23.0 Å². The number of halogens is 1. The van der Waals surface area contributed by atoms with Gasteiger partial charge in [0.25, 0.3) is 5.91 Å². The SMILES string of the molecule is O=C(Nc1ccc(-c2ncn[nH]2)cc1F)c1ccnn1C1CCC1. The molecule has 1 aromatic carbocycles. The second-order valence-corrected chi connectivity index (χ2v) is 5.73. The zero-order chi connectivity index (χ0) is 16.5. The van der Waals surface area contributed by atoms with Crippen molar-refractivity contribution in [2.24, 2.45) is 0 Å². The number of hydrogen-bond acceptors (Lipinski definition) is 4. The lowest BCUT2D eigenvalue weighted by Gasteiger charge is -2.27. The van der Waals surface area contributed by atoms with Crippen molar-refractivity contribution in [1.82, 2.24) is 25.0 Å². The van der Waals surface area contributed by atoms with Crippen LogP contribution in [0.3, 0.4) is 0 Å². The number of rotatable bonds is 4. The standard InChI is InChI=1S/C16H15FN6O/c17-12-8-10(15-18-9-19-22-15)4-5-13(12)21-16(24)14-6-7-20-23(14)11-2-1-3-11/h4-9,11H,1-3H2,(H,21,24)(H,18,19,22). The fourth-order valence-electron chi connectivity index (χ4n) is 2.71. The molecule has 0 aliphatic heterocycles. The highest BCUT2D eigenvalue weighted by atomic mass is 19.1. The molecule has 8 heteroatoms. The molecular formula is C16H15FN6O. The van der Waals surface area contributed by atoms with Crippen LogP contribution < -0.4 is 5.32 Å². The van der Waals surface area contributed by atoms with E-state index in [2.05, 4.69) is 25.6 Å². The first-order valence-electron chi connectivity index (χ1n) is 7.72. The molecule has 0 saturated heterocycles. The van der Waals surface area contributed by atoms with Gasteiger partial charge in [0.2, 0.25) is 0 Å². The normalized spacial score (nSPS) is 14.4. The van der Waals surface area contributed by atoms with E-state index in [0.29, 0.717) is 17.1 Å². The van der Waals surface area contributed by atoms with Crippen molar-refractivity contribution in [2.45, 2.75) is 25.3 Å². The van der Waals surface area contributed by atoms with E-state index in [9.17, 15) is 9.18 Å². The lowest BCUT2D eigenvalue weighted by molar-refractivity contribution is 0.100. The van der Waals surface area contributed by atoms with Gasteiger partial charge in [0, 0.05) is 11.8 Å². The molecule has 7 nitrogen and oxygen atoms in total. The third kappa shape index (κ3) is 2.55. The highest BCUT2D eigenvalue weighted by Crippen LogP contribution is 2.32. The molecule has 1 amide bonds. The molecule has 1 aliphatic rings. The van der Waals surface area contributed by atoms with Gasteiger partial charge in [-0.05, 0) is 43.5 Å². The lowest BCUT2D eigenvalue weighted by Crippen LogP contribution is -2.25. The summed E-state index contributed by atoms with van der Waals surface area (Å²) in [6.45, 7) is 0. The van der Waals surface area contributed by atoms with E-state index in [0.717, 1.165) is 19.3 Å². The van der Waals surface area contributed by atoms with Crippen LogP contribution in [0.2, 0.25) is 0 Å². The molecule has 2 N–H and O–H groups in total. The van der Waals surface area contributed by atoms with Gasteiger partial charge in [-0.1, -0.05) is 0 Å². The van der Waals surface area contributed by atoms with Crippen LogP contribution in [0.15, 0.2) is 36.8 Å². The molecule has 2 aromatic heterocycles. The molecule has 4 rings (SSSR count). The maximum absolute atomic E-state index is 14.3. The lowest BCUT2D eigenvalue weighted by atomic mass is 9.93. The number of nitrogens with zero attached hydrogens (tertiary/aromatic N) is 4. The molecule has 0 atom stereocenters. The van der Waals surface area contributed by atoms with Crippen molar-refractivity contribution in [3.63, 3.8) is 0 Å². The topological polar surface area (TPSA) is 88.5 Å². The Morgan fingerprint density at radius 1 is 1.33 bits per heavy atom. The minimum atomic E-state index is -0.535. The second kappa shape index (κ2) is 5.88. The van der Waals surface area contributed by atoms with Crippen molar-refractivity contribution in [3.05, 3.63) is 48.3 Å². The Morgan fingerprint density at radius 2 is 2.21 bits per heavy atom. The highest BCUT2D eigenvalue weighted by Gasteiger charge is 2.25. The molecule has 2 heterocycles. The summed E-state index contributed by atoms with van der Waals surface area (Å²) in [7, 11) is 0. The molecule has 122 valence electrons. The van der Waals surface area contributed by atoms with Crippen molar-refractivity contribution in [3.8, 4) is 11.4 Å². The number of H-pyrrole nitrogens is 1. The summed E-state index contributed by atoms with van der Waals surface area (Å²) < 4.78 is 16.0. The molecule has 1 fully saturated rings. The van der Waals surface area contributed by atoms with Crippen LogP contribution in [-0.2, 0) is 0 Å². The third-order valence-corrected chi connectivity index (χ3v) is 4.23. The van der Waals surface area contributed by atoms with Gasteiger partial charge >= 0.3 is 0 Å². The van der Waals surface area contributed by atoms with E-state index in [4.69, 9.17) is 0 Å².